The van der Waals surface area contributed by atoms with Gasteiger partial charge in [-0.3, -0.25) is 14.4 Å². The SMILES string of the molecule is CCN(C1CCC(C(=O)O)CC1)S(=O)(=O)c1cccc(C(=O)Nc2ccc(N3CCCCC3)cc2C(=O)Nc2ccc(CCc3ccc(C(=O)O)cc3)cc2)c1.[NaH].[NaH]. The van der Waals surface area contributed by atoms with E-state index < -0.39 is 39.7 Å². The van der Waals surface area contributed by atoms with E-state index in [0.29, 0.717) is 31.4 Å². The summed E-state index contributed by atoms with van der Waals surface area (Å²) in [5.41, 5.74) is 4.38. The molecule has 6 rings (SSSR count). The van der Waals surface area contributed by atoms with Gasteiger partial charge >= 0.3 is 71.1 Å². The number of carbonyl (C=O) groups excluding carboxylic acids is 2. The Bertz CT molecular complexity index is 2170. The quantitative estimate of drug-likeness (QED) is 0.111. The van der Waals surface area contributed by atoms with Crippen LogP contribution in [0.5, 0.6) is 0 Å². The molecule has 0 aromatic heterocycles. The molecule has 4 aromatic rings. The van der Waals surface area contributed by atoms with Crippen molar-refractivity contribution < 1.29 is 37.8 Å². The van der Waals surface area contributed by atoms with Crippen molar-refractivity contribution in [3.63, 3.8) is 0 Å². The minimum absolute atomic E-state index is 0. The van der Waals surface area contributed by atoms with E-state index in [4.69, 9.17) is 5.11 Å². The number of sulfonamides is 1. The van der Waals surface area contributed by atoms with Crippen LogP contribution in [0.4, 0.5) is 17.1 Å². The molecule has 15 heteroatoms. The molecule has 0 unspecified atom stereocenters. The first-order chi connectivity index (χ1) is 26.9. The fourth-order valence-electron chi connectivity index (χ4n) is 7.60. The van der Waals surface area contributed by atoms with Crippen LogP contribution < -0.4 is 15.5 Å². The molecule has 4 aromatic carbocycles. The summed E-state index contributed by atoms with van der Waals surface area (Å²) >= 11 is 0. The van der Waals surface area contributed by atoms with Crippen LogP contribution in [0, 0.1) is 5.92 Å². The van der Waals surface area contributed by atoms with E-state index >= 15 is 0 Å². The number of piperidine rings is 1. The van der Waals surface area contributed by atoms with Crippen molar-refractivity contribution in [2.24, 2.45) is 5.92 Å². The molecule has 1 aliphatic carbocycles. The Kier molecular flexibility index (Phi) is 17.6. The number of nitrogens with zero attached hydrogens (tertiary/aromatic N) is 2. The van der Waals surface area contributed by atoms with Gasteiger partial charge in [0.2, 0.25) is 10.0 Å². The Morgan fingerprint density at radius 3 is 1.93 bits per heavy atom. The van der Waals surface area contributed by atoms with Crippen LogP contribution in [0.3, 0.4) is 0 Å². The minimum atomic E-state index is -4.00. The molecule has 0 atom stereocenters. The van der Waals surface area contributed by atoms with Crippen LogP contribution in [-0.4, -0.2) is 131 Å². The van der Waals surface area contributed by atoms with Crippen molar-refractivity contribution in [1.29, 1.82) is 0 Å². The summed E-state index contributed by atoms with van der Waals surface area (Å²) in [6.45, 7) is 3.67. The summed E-state index contributed by atoms with van der Waals surface area (Å²) in [4.78, 5) is 52.5. The fraction of sp³-hybridized carbons (Fsp3) is 0.349. The van der Waals surface area contributed by atoms with Crippen LogP contribution in [0.2, 0.25) is 0 Å². The Morgan fingerprint density at radius 1 is 0.724 bits per heavy atom. The molecule has 2 aliphatic rings. The number of aryl methyl sites for hydroxylation is 2. The van der Waals surface area contributed by atoms with E-state index in [1.54, 1.807) is 31.2 Å². The number of aliphatic carboxylic acids is 1. The van der Waals surface area contributed by atoms with Gasteiger partial charge in [-0.1, -0.05) is 37.3 Å². The number of benzene rings is 4. The van der Waals surface area contributed by atoms with Gasteiger partial charge in [-0.15, -0.1) is 0 Å². The zero-order valence-electron chi connectivity index (χ0n) is 31.4. The number of aromatic carboxylic acids is 1. The van der Waals surface area contributed by atoms with Crippen LogP contribution >= 0.6 is 0 Å². The maximum atomic E-state index is 13.9. The van der Waals surface area contributed by atoms with E-state index in [2.05, 4.69) is 15.5 Å². The van der Waals surface area contributed by atoms with E-state index in [9.17, 15) is 32.7 Å². The normalized spacial score (nSPS) is 16.7. The maximum absolute atomic E-state index is 13.9. The predicted octanol–water partition coefficient (Wildman–Crippen LogP) is 6.02. The summed E-state index contributed by atoms with van der Waals surface area (Å²) in [5, 5.41) is 24.4. The number of hydrogen-bond acceptors (Lipinski definition) is 7. The molecule has 0 bridgehead atoms. The summed E-state index contributed by atoms with van der Waals surface area (Å²) < 4.78 is 29.1. The summed E-state index contributed by atoms with van der Waals surface area (Å²) in [6, 6.07) is 25.1. The molecule has 58 heavy (non-hydrogen) atoms. The number of anilines is 3. The molecule has 1 saturated heterocycles. The Balaban J connectivity index is 0.00000372. The van der Waals surface area contributed by atoms with Gasteiger partial charge in [0.05, 0.1) is 27.6 Å². The first-order valence-electron chi connectivity index (χ1n) is 19.2. The van der Waals surface area contributed by atoms with Gasteiger partial charge in [0.1, 0.15) is 0 Å². The number of hydrogen-bond donors (Lipinski definition) is 4. The number of nitrogens with one attached hydrogen (secondary N) is 2. The second-order valence-electron chi connectivity index (χ2n) is 14.5. The van der Waals surface area contributed by atoms with Crippen molar-refractivity contribution in [1.82, 2.24) is 4.31 Å². The number of amides is 2. The molecule has 1 saturated carbocycles. The zero-order valence-corrected chi connectivity index (χ0v) is 32.3. The molecular weight excluding hydrogens is 779 g/mol. The van der Waals surface area contributed by atoms with Crippen molar-refractivity contribution in [3.05, 3.63) is 119 Å². The third kappa shape index (κ3) is 11.8. The Hall–Kier alpha value is -3.53. The average Bonchev–Trinajstić information content (AvgIpc) is 3.21. The predicted molar refractivity (Wildman–Crippen MR) is 229 cm³/mol. The molecule has 298 valence electrons. The molecule has 2 fully saturated rings. The molecule has 1 aliphatic heterocycles. The number of carboxylic acids is 2. The number of carbonyl (C=O) groups is 4. The average molecular weight is 829 g/mol. The summed E-state index contributed by atoms with van der Waals surface area (Å²) in [7, 11) is -4.00. The van der Waals surface area contributed by atoms with Crippen molar-refractivity contribution in [3.8, 4) is 0 Å². The third-order valence-corrected chi connectivity index (χ3v) is 12.8. The van der Waals surface area contributed by atoms with Gasteiger partial charge < -0.3 is 25.7 Å². The van der Waals surface area contributed by atoms with Gasteiger partial charge in [-0.25, -0.2) is 13.2 Å². The van der Waals surface area contributed by atoms with Gasteiger partial charge in [0, 0.05) is 42.6 Å². The van der Waals surface area contributed by atoms with Gasteiger partial charge in [0.25, 0.3) is 11.8 Å². The van der Waals surface area contributed by atoms with E-state index in [-0.39, 0.29) is 99.0 Å². The molecule has 1 heterocycles. The van der Waals surface area contributed by atoms with Crippen LogP contribution in [0.25, 0.3) is 0 Å². The van der Waals surface area contributed by atoms with E-state index in [0.717, 1.165) is 62.0 Å². The van der Waals surface area contributed by atoms with Crippen molar-refractivity contribution in [2.75, 3.05) is 35.2 Å². The fourth-order valence-corrected chi connectivity index (χ4v) is 9.34. The monoisotopic (exact) mass is 828 g/mol. The molecule has 0 radical (unpaired) electrons. The molecule has 12 nitrogen and oxygen atoms in total. The molecular formula is C43H50N4Na2O8S. The standard InChI is InChI=1S/C43H48N4O8S.2Na.2H/c1-2-47(35-21-17-32(18-22-35)43(52)53)56(54,55)37-8-6-7-33(27-37)40(48)45-39-24-23-36(46-25-4-3-5-26-46)28-38(39)41(49)44-34-19-13-30(14-20-34)10-9-29-11-15-31(16-12-29)42(50)51;;;;/h6-8,11-16,19-20,23-24,27-28,32,35H,2-5,9-10,17-18,21-22,25-26H2,1H3,(H,44,49)(H,45,48)(H,50,51)(H,52,53);;;;. The number of carboxylic acid groups (broad SMARTS) is 2. The second-order valence-corrected chi connectivity index (χ2v) is 16.4. The molecule has 4 N–H and O–H groups in total. The van der Waals surface area contributed by atoms with E-state index in [1.807, 2.05) is 42.5 Å². The Morgan fingerprint density at radius 2 is 1.34 bits per heavy atom. The first kappa shape index (κ1) is 47.2. The number of rotatable bonds is 14. The van der Waals surface area contributed by atoms with Crippen LogP contribution in [-0.2, 0) is 27.7 Å². The summed E-state index contributed by atoms with van der Waals surface area (Å²) in [5.74, 6) is -3.29. The topological polar surface area (TPSA) is 173 Å². The van der Waals surface area contributed by atoms with Crippen LogP contribution in [0.15, 0.2) is 95.9 Å². The molecule has 0 spiro atoms. The van der Waals surface area contributed by atoms with Gasteiger partial charge in [0.15, 0.2) is 0 Å². The van der Waals surface area contributed by atoms with Crippen LogP contribution in [0.1, 0.15) is 94.1 Å². The zero-order chi connectivity index (χ0) is 39.8. The van der Waals surface area contributed by atoms with Crippen molar-refractivity contribution >= 4 is 110 Å². The first-order valence-corrected chi connectivity index (χ1v) is 20.6. The van der Waals surface area contributed by atoms with Gasteiger partial charge in [-0.2, -0.15) is 4.31 Å². The Labute approximate surface area is 384 Å². The third-order valence-electron chi connectivity index (χ3n) is 10.8. The van der Waals surface area contributed by atoms with Crippen molar-refractivity contribution in [2.45, 2.75) is 75.6 Å². The van der Waals surface area contributed by atoms with E-state index in [1.165, 1.54) is 28.6 Å². The molecule has 2 amide bonds. The second kappa shape index (κ2) is 21.6. The van der Waals surface area contributed by atoms with Gasteiger partial charge in [-0.05, 0) is 130 Å². The summed E-state index contributed by atoms with van der Waals surface area (Å²) in [6.07, 6.45) is 6.36.